The van der Waals surface area contributed by atoms with Crippen LogP contribution in [0.1, 0.15) is 11.7 Å². The molecule has 2 rings (SSSR count). The highest BCUT2D eigenvalue weighted by Crippen LogP contribution is 2.19. The number of anilines is 2. The van der Waals surface area contributed by atoms with Crippen LogP contribution in [0.5, 0.6) is 0 Å². The van der Waals surface area contributed by atoms with Crippen molar-refractivity contribution >= 4 is 35.0 Å². The Labute approximate surface area is 120 Å². The summed E-state index contributed by atoms with van der Waals surface area (Å²) in [6, 6.07) is 8.55. The van der Waals surface area contributed by atoms with Gasteiger partial charge in [-0.25, -0.2) is 4.98 Å². The molecule has 1 aromatic carbocycles. The Morgan fingerprint density at radius 3 is 2.74 bits per heavy atom. The van der Waals surface area contributed by atoms with Crippen molar-refractivity contribution < 1.29 is 5.11 Å². The van der Waals surface area contributed by atoms with Crippen molar-refractivity contribution in [2.75, 3.05) is 17.6 Å². The van der Waals surface area contributed by atoms with Crippen LogP contribution in [0.3, 0.4) is 0 Å². The predicted molar refractivity (Wildman–Crippen MR) is 76.4 cm³/mol. The number of aliphatic hydroxyl groups is 1. The molecule has 0 aliphatic carbocycles. The van der Waals surface area contributed by atoms with Crippen LogP contribution >= 0.6 is 23.2 Å². The second-order valence-electron chi connectivity index (χ2n) is 3.89. The van der Waals surface area contributed by atoms with Crippen LogP contribution in [0.4, 0.5) is 11.8 Å². The average Bonchev–Trinajstić information content (AvgIpc) is 2.35. The molecule has 0 unspecified atom stereocenters. The molecular formula is C12H12Cl2N4O. The van der Waals surface area contributed by atoms with Crippen LogP contribution in [-0.4, -0.2) is 21.6 Å². The summed E-state index contributed by atoms with van der Waals surface area (Å²) in [5.74, 6) is 0.533. The summed E-state index contributed by atoms with van der Waals surface area (Å²) in [5.41, 5.74) is 6.19. The van der Waals surface area contributed by atoms with Gasteiger partial charge in [0.05, 0.1) is 6.10 Å². The molecule has 5 nitrogen and oxygen atoms in total. The molecule has 0 radical (unpaired) electrons. The molecule has 1 aromatic heterocycles. The minimum atomic E-state index is -0.714. The zero-order valence-corrected chi connectivity index (χ0v) is 11.4. The number of hydrogen-bond donors (Lipinski definition) is 3. The van der Waals surface area contributed by atoms with E-state index in [0.717, 1.165) is 0 Å². The molecule has 0 fully saturated rings. The summed E-state index contributed by atoms with van der Waals surface area (Å²) >= 11 is 11.6. The van der Waals surface area contributed by atoms with Gasteiger partial charge in [0.15, 0.2) is 0 Å². The second-order valence-corrected chi connectivity index (χ2v) is 4.71. The molecule has 0 amide bonds. The maximum absolute atomic E-state index is 10.0. The molecule has 100 valence electrons. The number of rotatable bonds is 4. The van der Waals surface area contributed by atoms with Crippen LogP contribution < -0.4 is 11.1 Å². The molecule has 2 aromatic rings. The fourth-order valence-electron chi connectivity index (χ4n) is 1.56. The monoisotopic (exact) mass is 298 g/mol. The highest BCUT2D eigenvalue weighted by molar-refractivity contribution is 6.30. The fraction of sp³-hybridized carbons (Fsp3) is 0.167. The standard InChI is InChI=1S/C12H12Cl2N4O/c13-8-3-1-2-7(4-8)9(19)6-16-11-5-10(14)17-12(15)18-11/h1-5,9,19H,6H2,(H3,15,16,17,18)/t9-/m1/s1. The number of hydrogen-bond acceptors (Lipinski definition) is 5. The lowest BCUT2D eigenvalue weighted by Crippen LogP contribution is -2.13. The van der Waals surface area contributed by atoms with Gasteiger partial charge >= 0.3 is 0 Å². The number of nitrogens with zero attached hydrogens (tertiary/aromatic N) is 2. The lowest BCUT2D eigenvalue weighted by molar-refractivity contribution is 0.191. The first-order valence-corrected chi connectivity index (χ1v) is 6.27. The molecular weight excluding hydrogens is 287 g/mol. The molecule has 7 heteroatoms. The van der Waals surface area contributed by atoms with Crippen LogP contribution in [-0.2, 0) is 0 Å². The lowest BCUT2D eigenvalue weighted by Gasteiger charge is -2.13. The summed E-state index contributed by atoms with van der Waals surface area (Å²) in [5, 5.41) is 13.8. The van der Waals surface area contributed by atoms with E-state index in [1.165, 1.54) is 6.07 Å². The van der Waals surface area contributed by atoms with Gasteiger partial charge in [0.1, 0.15) is 11.0 Å². The number of benzene rings is 1. The van der Waals surface area contributed by atoms with Gasteiger partial charge in [-0.2, -0.15) is 4.98 Å². The van der Waals surface area contributed by atoms with Crippen molar-refractivity contribution in [1.82, 2.24) is 9.97 Å². The molecule has 0 aliphatic rings. The number of nitrogen functional groups attached to an aromatic ring is 1. The van der Waals surface area contributed by atoms with Gasteiger partial charge in [-0.05, 0) is 17.7 Å². The summed E-state index contributed by atoms with van der Waals surface area (Å²) in [6.07, 6.45) is -0.714. The van der Waals surface area contributed by atoms with Gasteiger partial charge in [0, 0.05) is 17.6 Å². The largest absolute Gasteiger partial charge is 0.387 e. The van der Waals surface area contributed by atoms with E-state index < -0.39 is 6.10 Å². The van der Waals surface area contributed by atoms with E-state index in [2.05, 4.69) is 15.3 Å². The summed E-state index contributed by atoms with van der Waals surface area (Å²) in [7, 11) is 0. The molecule has 0 aliphatic heterocycles. The van der Waals surface area contributed by atoms with E-state index in [4.69, 9.17) is 28.9 Å². The number of aliphatic hydroxyl groups excluding tert-OH is 1. The molecule has 0 saturated heterocycles. The van der Waals surface area contributed by atoms with Gasteiger partial charge in [-0.3, -0.25) is 0 Å². The van der Waals surface area contributed by atoms with E-state index in [1.54, 1.807) is 24.3 Å². The van der Waals surface area contributed by atoms with Crippen molar-refractivity contribution in [3.8, 4) is 0 Å². The highest BCUT2D eigenvalue weighted by Gasteiger charge is 2.08. The summed E-state index contributed by atoms with van der Waals surface area (Å²) < 4.78 is 0. The van der Waals surface area contributed by atoms with Crippen molar-refractivity contribution in [1.29, 1.82) is 0 Å². The topological polar surface area (TPSA) is 84.1 Å². The smallest absolute Gasteiger partial charge is 0.223 e. The van der Waals surface area contributed by atoms with Crippen LogP contribution in [0.2, 0.25) is 10.2 Å². The molecule has 1 heterocycles. The highest BCUT2D eigenvalue weighted by atomic mass is 35.5. The van der Waals surface area contributed by atoms with Crippen LogP contribution in [0.15, 0.2) is 30.3 Å². The zero-order chi connectivity index (χ0) is 13.8. The maximum Gasteiger partial charge on any atom is 0.223 e. The van der Waals surface area contributed by atoms with Gasteiger partial charge in [0.2, 0.25) is 5.95 Å². The lowest BCUT2D eigenvalue weighted by atomic mass is 10.1. The molecule has 0 saturated carbocycles. The van der Waals surface area contributed by atoms with Crippen LogP contribution in [0, 0.1) is 0 Å². The maximum atomic E-state index is 10.0. The third-order valence-corrected chi connectivity index (χ3v) is 2.85. The predicted octanol–water partition coefficient (Wildman–Crippen LogP) is 2.51. The summed E-state index contributed by atoms with van der Waals surface area (Å²) in [6.45, 7) is 0.257. The van der Waals surface area contributed by atoms with E-state index in [0.29, 0.717) is 16.4 Å². The molecule has 0 bridgehead atoms. The number of aromatic nitrogens is 2. The fourth-order valence-corrected chi connectivity index (χ4v) is 1.95. The van der Waals surface area contributed by atoms with Crippen molar-refractivity contribution in [2.45, 2.75) is 6.10 Å². The molecule has 19 heavy (non-hydrogen) atoms. The Morgan fingerprint density at radius 1 is 1.26 bits per heavy atom. The Morgan fingerprint density at radius 2 is 2.05 bits per heavy atom. The van der Waals surface area contributed by atoms with E-state index >= 15 is 0 Å². The third-order valence-electron chi connectivity index (χ3n) is 2.42. The number of halogens is 2. The molecule has 1 atom stereocenters. The minimum Gasteiger partial charge on any atom is -0.387 e. The first-order chi connectivity index (χ1) is 9.04. The Balaban J connectivity index is 2.02. The van der Waals surface area contributed by atoms with Crippen molar-refractivity contribution in [2.24, 2.45) is 0 Å². The number of nitrogens with two attached hydrogens (primary N) is 1. The normalized spacial score (nSPS) is 12.2. The van der Waals surface area contributed by atoms with Gasteiger partial charge < -0.3 is 16.2 Å². The van der Waals surface area contributed by atoms with Gasteiger partial charge in [-0.1, -0.05) is 35.3 Å². The Hall–Kier alpha value is -1.56. The Kier molecular flexibility index (Phi) is 4.42. The third kappa shape index (κ3) is 3.96. The number of nitrogens with one attached hydrogen (secondary N) is 1. The van der Waals surface area contributed by atoms with Crippen molar-refractivity contribution in [3.05, 3.63) is 46.1 Å². The molecule has 0 spiro atoms. The van der Waals surface area contributed by atoms with E-state index in [-0.39, 0.29) is 17.6 Å². The minimum absolute atomic E-state index is 0.0762. The second kappa shape index (κ2) is 6.06. The first kappa shape index (κ1) is 13.9. The SMILES string of the molecule is Nc1nc(Cl)cc(NC[C@@H](O)c2cccc(Cl)c2)n1. The summed E-state index contributed by atoms with van der Waals surface area (Å²) in [4.78, 5) is 7.69. The van der Waals surface area contributed by atoms with E-state index in [9.17, 15) is 5.11 Å². The van der Waals surface area contributed by atoms with Gasteiger partial charge in [-0.15, -0.1) is 0 Å². The van der Waals surface area contributed by atoms with Crippen LogP contribution in [0.25, 0.3) is 0 Å². The zero-order valence-electron chi connectivity index (χ0n) is 9.85. The van der Waals surface area contributed by atoms with E-state index in [1.807, 2.05) is 0 Å². The van der Waals surface area contributed by atoms with Crippen molar-refractivity contribution in [3.63, 3.8) is 0 Å². The Bertz CT molecular complexity index is 559. The first-order valence-electron chi connectivity index (χ1n) is 5.52. The quantitative estimate of drug-likeness (QED) is 0.755. The average molecular weight is 299 g/mol. The van der Waals surface area contributed by atoms with Gasteiger partial charge in [0.25, 0.3) is 0 Å². The molecule has 4 N–H and O–H groups in total.